The molecule has 0 radical (unpaired) electrons. The summed E-state index contributed by atoms with van der Waals surface area (Å²) in [5, 5.41) is 0. The Labute approximate surface area is 301 Å². The fraction of sp³-hybridized carbons (Fsp3) is 0.0444. The lowest BCUT2D eigenvalue weighted by Gasteiger charge is -2.31. The van der Waals surface area contributed by atoms with Gasteiger partial charge >= 0.3 is 5.97 Å². The summed E-state index contributed by atoms with van der Waals surface area (Å²) in [6.07, 6.45) is 0. The van der Waals surface area contributed by atoms with Crippen molar-refractivity contribution in [2.24, 2.45) is 0 Å². The van der Waals surface area contributed by atoms with E-state index >= 15 is 0 Å². The smallest absolute Gasteiger partial charge is 0.326 e. The Bertz CT molecular complexity index is 2210. The molecular weight excluding hydrogens is 652 g/mol. The van der Waals surface area contributed by atoms with Crippen LogP contribution in [0.15, 0.2) is 176 Å². The molecule has 0 saturated carbocycles. The molecule has 0 saturated heterocycles. The van der Waals surface area contributed by atoms with Gasteiger partial charge in [-0.05, 0) is 73.7 Å². The average molecular weight is 685 g/mol. The first kappa shape index (κ1) is 32.2. The van der Waals surface area contributed by atoms with Crippen molar-refractivity contribution in [3.05, 3.63) is 187 Å². The van der Waals surface area contributed by atoms with Crippen LogP contribution in [0, 0.1) is 0 Å². The van der Waals surface area contributed by atoms with Gasteiger partial charge in [-0.1, -0.05) is 109 Å². The van der Waals surface area contributed by atoms with Gasteiger partial charge in [0.15, 0.2) is 11.5 Å². The molecule has 1 heterocycles. The summed E-state index contributed by atoms with van der Waals surface area (Å²) >= 11 is 0. The summed E-state index contributed by atoms with van der Waals surface area (Å²) in [7, 11) is 0. The molecule has 1 atom stereocenters. The largest absolute Gasteiger partial charge is 0.453 e. The van der Waals surface area contributed by atoms with E-state index in [4.69, 9.17) is 28.4 Å². The zero-order valence-corrected chi connectivity index (χ0v) is 28.1. The topological polar surface area (TPSA) is 72.5 Å². The molecule has 0 aromatic heterocycles. The second-order valence-electron chi connectivity index (χ2n) is 12.1. The van der Waals surface area contributed by atoms with Crippen LogP contribution in [-0.4, -0.2) is 5.97 Å². The van der Waals surface area contributed by atoms with Crippen LogP contribution >= 0.6 is 0 Å². The number of rotatable bonds is 11. The van der Waals surface area contributed by atoms with Crippen molar-refractivity contribution in [2.45, 2.75) is 12.3 Å². The fourth-order valence-electron chi connectivity index (χ4n) is 6.12. The Kier molecular flexibility index (Phi) is 8.73. The standard InChI is InChI=1S/C45H32O7/c1-45(36-29-17-18-30-37(36)52-44(45)46)38-39(47-31-19-7-2-8-20-31)41(49-33-23-11-4-12-24-33)43(51-35-27-15-6-16-28-35)42(50-34-25-13-5-14-26-34)40(38)48-32-21-9-3-10-22-32/h2-30H,1H3. The predicted molar refractivity (Wildman–Crippen MR) is 198 cm³/mol. The third-order valence-electron chi connectivity index (χ3n) is 8.63. The molecule has 1 unspecified atom stereocenters. The third-order valence-corrected chi connectivity index (χ3v) is 8.63. The number of carbonyl (C=O) groups is 1. The SMILES string of the molecule is CC1(c2c(Oc3ccccc3)c(Oc3ccccc3)c(Oc3ccccc3)c(Oc3ccccc3)c2Oc2ccccc2)C(=O)Oc2ccccc21. The Balaban J connectivity index is 1.53. The van der Waals surface area contributed by atoms with Crippen LogP contribution in [0.4, 0.5) is 0 Å². The van der Waals surface area contributed by atoms with Crippen molar-refractivity contribution < 1.29 is 33.2 Å². The quantitative estimate of drug-likeness (QED) is 0.0992. The highest BCUT2D eigenvalue weighted by Gasteiger charge is 2.53. The van der Waals surface area contributed by atoms with Gasteiger partial charge in [-0.3, -0.25) is 4.79 Å². The summed E-state index contributed by atoms with van der Waals surface area (Å²) in [5.41, 5.74) is -0.559. The molecule has 0 fully saturated rings. The Hall–Kier alpha value is -6.99. The van der Waals surface area contributed by atoms with Crippen LogP contribution in [0.3, 0.4) is 0 Å². The zero-order valence-electron chi connectivity index (χ0n) is 28.1. The summed E-state index contributed by atoms with van der Waals surface area (Å²) < 4.78 is 40.1. The number of para-hydroxylation sites is 6. The van der Waals surface area contributed by atoms with Gasteiger partial charge < -0.3 is 28.4 Å². The molecule has 0 spiro atoms. The van der Waals surface area contributed by atoms with Crippen LogP contribution < -0.4 is 28.4 Å². The van der Waals surface area contributed by atoms with Crippen LogP contribution in [0.25, 0.3) is 0 Å². The van der Waals surface area contributed by atoms with Gasteiger partial charge in [-0.15, -0.1) is 0 Å². The number of hydrogen-bond acceptors (Lipinski definition) is 7. The Morgan fingerprint density at radius 1 is 0.385 bits per heavy atom. The van der Waals surface area contributed by atoms with E-state index in [1.54, 1.807) is 13.0 Å². The molecular formula is C45H32O7. The molecule has 1 aliphatic rings. The minimum Gasteiger partial charge on any atom is -0.453 e. The monoisotopic (exact) mass is 684 g/mol. The van der Waals surface area contributed by atoms with Gasteiger partial charge in [0, 0.05) is 5.56 Å². The number of fused-ring (bicyclic) bond motifs is 1. The first-order valence-electron chi connectivity index (χ1n) is 16.8. The number of carbonyl (C=O) groups excluding carboxylic acids is 1. The molecule has 0 aliphatic carbocycles. The minimum absolute atomic E-state index is 0.152. The van der Waals surface area contributed by atoms with Crippen LogP contribution in [0.1, 0.15) is 18.1 Å². The van der Waals surface area contributed by atoms with E-state index in [1.807, 2.05) is 170 Å². The second kappa shape index (κ2) is 14.1. The average Bonchev–Trinajstić information content (AvgIpc) is 3.45. The maximum atomic E-state index is 14.4. The highest BCUT2D eigenvalue weighted by Crippen LogP contribution is 2.63. The molecule has 8 rings (SSSR count). The third kappa shape index (κ3) is 6.27. The van der Waals surface area contributed by atoms with Crippen LogP contribution in [-0.2, 0) is 10.2 Å². The van der Waals surface area contributed by atoms with Gasteiger partial charge in [-0.2, -0.15) is 0 Å². The molecule has 7 aromatic rings. The van der Waals surface area contributed by atoms with Crippen molar-refractivity contribution in [3.63, 3.8) is 0 Å². The van der Waals surface area contributed by atoms with E-state index in [0.29, 0.717) is 45.6 Å². The number of ether oxygens (including phenoxy) is 6. The molecule has 52 heavy (non-hydrogen) atoms. The van der Waals surface area contributed by atoms with Gasteiger partial charge in [0.2, 0.25) is 17.2 Å². The van der Waals surface area contributed by atoms with E-state index in [-0.39, 0.29) is 28.7 Å². The summed E-state index contributed by atoms with van der Waals surface area (Å²) in [6.45, 7) is 1.79. The maximum absolute atomic E-state index is 14.4. The van der Waals surface area contributed by atoms with Crippen LogP contribution in [0.2, 0.25) is 0 Å². The van der Waals surface area contributed by atoms with Gasteiger partial charge in [0.05, 0.1) is 5.56 Å². The fourth-order valence-corrected chi connectivity index (χ4v) is 6.12. The zero-order chi connectivity index (χ0) is 35.3. The van der Waals surface area contributed by atoms with Crippen molar-refractivity contribution in [1.29, 1.82) is 0 Å². The highest BCUT2D eigenvalue weighted by molar-refractivity contribution is 5.97. The second-order valence-corrected chi connectivity index (χ2v) is 12.1. The molecule has 0 amide bonds. The molecule has 7 aromatic carbocycles. The Morgan fingerprint density at radius 2 is 0.673 bits per heavy atom. The predicted octanol–water partition coefficient (Wildman–Crippen LogP) is 11.9. The summed E-state index contributed by atoms with van der Waals surface area (Å²) in [4.78, 5) is 14.4. The highest BCUT2D eigenvalue weighted by atomic mass is 16.6. The van der Waals surface area contributed by atoms with Crippen LogP contribution in [0.5, 0.6) is 63.2 Å². The van der Waals surface area contributed by atoms with E-state index in [1.165, 1.54) is 0 Å². The molecule has 0 N–H and O–H groups in total. The number of esters is 1. The summed E-state index contributed by atoms with van der Waals surface area (Å²) in [5.74, 6) is 3.14. The molecule has 254 valence electrons. The Morgan fingerprint density at radius 3 is 1.04 bits per heavy atom. The molecule has 0 bridgehead atoms. The first-order valence-corrected chi connectivity index (χ1v) is 16.8. The lowest BCUT2D eigenvalue weighted by atomic mass is 9.76. The van der Waals surface area contributed by atoms with Crippen molar-refractivity contribution in [3.8, 4) is 63.2 Å². The maximum Gasteiger partial charge on any atom is 0.326 e. The number of benzene rings is 7. The van der Waals surface area contributed by atoms with E-state index in [9.17, 15) is 4.79 Å². The van der Waals surface area contributed by atoms with E-state index in [0.717, 1.165) is 0 Å². The van der Waals surface area contributed by atoms with Gasteiger partial charge in [-0.25, -0.2) is 0 Å². The molecule has 7 nitrogen and oxygen atoms in total. The minimum atomic E-state index is -1.49. The van der Waals surface area contributed by atoms with Crippen molar-refractivity contribution in [2.75, 3.05) is 0 Å². The first-order chi connectivity index (χ1) is 25.6. The summed E-state index contributed by atoms with van der Waals surface area (Å²) in [6, 6.07) is 53.7. The van der Waals surface area contributed by atoms with Gasteiger partial charge in [0.1, 0.15) is 39.9 Å². The van der Waals surface area contributed by atoms with E-state index in [2.05, 4.69) is 0 Å². The van der Waals surface area contributed by atoms with Crippen molar-refractivity contribution >= 4 is 5.97 Å². The lowest BCUT2D eigenvalue weighted by molar-refractivity contribution is -0.136. The molecule has 7 heteroatoms. The van der Waals surface area contributed by atoms with E-state index < -0.39 is 11.4 Å². The normalized spacial score (nSPS) is 14.5. The lowest BCUT2D eigenvalue weighted by Crippen LogP contribution is -2.32. The van der Waals surface area contributed by atoms with Crippen molar-refractivity contribution in [1.82, 2.24) is 0 Å². The number of hydrogen-bond donors (Lipinski definition) is 0. The molecule has 1 aliphatic heterocycles. The van der Waals surface area contributed by atoms with Gasteiger partial charge in [0.25, 0.3) is 0 Å².